The highest BCUT2D eigenvalue weighted by atomic mass is 16.5. The van der Waals surface area contributed by atoms with Crippen LogP contribution in [0.3, 0.4) is 0 Å². The van der Waals surface area contributed by atoms with Gasteiger partial charge < -0.3 is 18.9 Å². The van der Waals surface area contributed by atoms with E-state index in [-0.39, 0.29) is 17.7 Å². The van der Waals surface area contributed by atoms with Crippen LogP contribution in [-0.2, 0) is 11.8 Å². The van der Waals surface area contributed by atoms with E-state index < -0.39 is 12.0 Å². The van der Waals surface area contributed by atoms with Crippen LogP contribution in [0.25, 0.3) is 0 Å². The van der Waals surface area contributed by atoms with Crippen LogP contribution in [0.2, 0.25) is 0 Å². The monoisotopic (exact) mass is 412 g/mol. The maximum atomic E-state index is 13.5. The van der Waals surface area contributed by atoms with Crippen molar-refractivity contribution in [2.75, 3.05) is 14.2 Å². The van der Waals surface area contributed by atoms with E-state index in [1.54, 1.807) is 68.7 Å². The average Bonchev–Trinajstić information content (AvgIpc) is 3.55. The van der Waals surface area contributed by atoms with Gasteiger partial charge in [0.25, 0.3) is 5.91 Å². The topological polar surface area (TPSA) is 77.8 Å². The van der Waals surface area contributed by atoms with Gasteiger partial charge in [-0.3, -0.25) is 9.59 Å². The first-order chi connectivity index (χ1) is 14.2. The Labute approximate surface area is 176 Å². The minimum Gasteiger partial charge on any atom is -0.497 e. The van der Waals surface area contributed by atoms with E-state index in [1.165, 1.54) is 7.11 Å². The minimum absolute atomic E-state index is 0.0444. The van der Waals surface area contributed by atoms with Crippen LogP contribution >= 0.6 is 0 Å². The van der Waals surface area contributed by atoms with Crippen LogP contribution in [0.5, 0.6) is 5.75 Å². The van der Waals surface area contributed by atoms with Gasteiger partial charge in [0.15, 0.2) is 5.78 Å². The molecule has 3 rings (SSSR count). The molecule has 1 atom stereocenters. The van der Waals surface area contributed by atoms with Gasteiger partial charge in [0.2, 0.25) is 0 Å². The Morgan fingerprint density at radius 3 is 2.20 bits per heavy atom. The lowest BCUT2D eigenvalue weighted by Gasteiger charge is -2.29. The number of esters is 1. The van der Waals surface area contributed by atoms with E-state index in [9.17, 15) is 14.4 Å². The molecule has 1 aliphatic carbocycles. The molecule has 7 heteroatoms. The number of benzene rings is 1. The molecule has 1 heterocycles. The van der Waals surface area contributed by atoms with Crippen molar-refractivity contribution in [1.82, 2.24) is 9.47 Å². The molecule has 1 aromatic carbocycles. The zero-order valence-corrected chi connectivity index (χ0v) is 18.3. The maximum absolute atomic E-state index is 13.5. The lowest BCUT2D eigenvalue weighted by Crippen LogP contribution is -2.45. The number of hydrogen-bond acceptors (Lipinski definition) is 5. The van der Waals surface area contributed by atoms with Crippen molar-refractivity contribution in [1.29, 1.82) is 0 Å². The molecular weight excluding hydrogens is 384 g/mol. The van der Waals surface area contributed by atoms with E-state index in [2.05, 4.69) is 0 Å². The van der Waals surface area contributed by atoms with Gasteiger partial charge in [0.1, 0.15) is 11.4 Å². The van der Waals surface area contributed by atoms with Gasteiger partial charge >= 0.3 is 5.97 Å². The van der Waals surface area contributed by atoms with Crippen molar-refractivity contribution >= 4 is 17.7 Å². The first-order valence-electron chi connectivity index (χ1n) is 9.98. The van der Waals surface area contributed by atoms with E-state index in [4.69, 9.17) is 9.47 Å². The molecule has 0 N–H and O–H groups in total. The number of carbonyl (C=O) groups is 3. The Morgan fingerprint density at radius 2 is 1.70 bits per heavy atom. The summed E-state index contributed by atoms with van der Waals surface area (Å²) in [6.45, 7) is 5.30. The van der Waals surface area contributed by atoms with E-state index in [0.29, 0.717) is 33.8 Å². The Hall–Kier alpha value is -3.09. The van der Waals surface area contributed by atoms with Gasteiger partial charge in [0, 0.05) is 29.9 Å². The molecule has 7 nitrogen and oxygen atoms in total. The number of ketones is 1. The Morgan fingerprint density at radius 1 is 1.10 bits per heavy atom. The summed E-state index contributed by atoms with van der Waals surface area (Å²) >= 11 is 0. The summed E-state index contributed by atoms with van der Waals surface area (Å²) in [5.74, 6) is -0.178. The highest BCUT2D eigenvalue weighted by molar-refractivity contribution is 6.07. The summed E-state index contributed by atoms with van der Waals surface area (Å²) in [6.07, 6.45) is 1.75. The Kier molecular flexibility index (Phi) is 6.01. The SMILES string of the molecule is COC(=O)c1c(C)c(C(=O)[C@@H](C)N(C(=O)c2ccc(OC)cc2)C2CC2)c(C)n1C. The van der Waals surface area contributed by atoms with E-state index in [1.807, 2.05) is 0 Å². The second-order valence-electron chi connectivity index (χ2n) is 7.70. The molecule has 0 bridgehead atoms. The van der Waals surface area contributed by atoms with Gasteiger partial charge in [0.05, 0.1) is 20.3 Å². The van der Waals surface area contributed by atoms with Crippen molar-refractivity contribution in [3.05, 3.63) is 52.3 Å². The van der Waals surface area contributed by atoms with Crippen molar-refractivity contribution in [2.24, 2.45) is 7.05 Å². The number of methoxy groups -OCH3 is 2. The Balaban J connectivity index is 1.95. The number of aromatic nitrogens is 1. The van der Waals surface area contributed by atoms with Crippen LogP contribution < -0.4 is 4.74 Å². The predicted molar refractivity (Wildman–Crippen MR) is 112 cm³/mol. The van der Waals surface area contributed by atoms with Gasteiger partial charge in [-0.1, -0.05) is 0 Å². The molecule has 1 saturated carbocycles. The molecule has 1 fully saturated rings. The van der Waals surface area contributed by atoms with Crippen molar-refractivity contribution in [2.45, 2.75) is 45.7 Å². The van der Waals surface area contributed by atoms with E-state index >= 15 is 0 Å². The molecule has 30 heavy (non-hydrogen) atoms. The molecule has 1 aliphatic rings. The molecule has 160 valence electrons. The van der Waals surface area contributed by atoms with Gasteiger partial charge in [-0.2, -0.15) is 0 Å². The number of rotatable bonds is 7. The van der Waals surface area contributed by atoms with Crippen LogP contribution in [0.4, 0.5) is 0 Å². The molecule has 0 unspecified atom stereocenters. The second kappa shape index (κ2) is 8.34. The third-order valence-corrected chi connectivity index (χ3v) is 5.86. The van der Waals surface area contributed by atoms with Gasteiger partial charge in [-0.15, -0.1) is 0 Å². The summed E-state index contributed by atoms with van der Waals surface area (Å²) in [4.78, 5) is 40.6. The molecular formula is C23H28N2O5. The molecule has 0 radical (unpaired) electrons. The average molecular weight is 412 g/mol. The maximum Gasteiger partial charge on any atom is 0.354 e. The number of hydrogen-bond donors (Lipinski definition) is 0. The largest absolute Gasteiger partial charge is 0.497 e. The summed E-state index contributed by atoms with van der Waals surface area (Å²) in [6, 6.07) is 6.28. The normalized spacial score (nSPS) is 14.2. The number of nitrogens with zero attached hydrogens (tertiary/aromatic N) is 2. The van der Waals surface area contributed by atoms with E-state index in [0.717, 1.165) is 12.8 Å². The lowest BCUT2D eigenvalue weighted by molar-refractivity contribution is 0.0587. The first kappa shape index (κ1) is 21.6. The van der Waals surface area contributed by atoms with Crippen LogP contribution in [0.1, 0.15) is 62.2 Å². The summed E-state index contributed by atoms with van der Waals surface area (Å²) in [5, 5.41) is 0. The molecule has 2 aromatic rings. The molecule has 0 spiro atoms. The number of Topliss-reactive ketones (excluding diaryl/α,β-unsaturated/α-hetero) is 1. The number of ether oxygens (including phenoxy) is 2. The standard InChI is InChI=1S/C23H28N2O5/c1-13-19(14(2)24(4)20(13)23(28)30-6)21(26)15(3)25(17-9-10-17)22(27)16-7-11-18(29-5)12-8-16/h7-8,11-12,15,17H,9-10H2,1-6H3/t15-/m1/s1. The van der Waals surface area contributed by atoms with Gasteiger partial charge in [-0.05, 0) is 63.4 Å². The quantitative estimate of drug-likeness (QED) is 0.515. The number of amides is 1. The fourth-order valence-corrected chi connectivity index (χ4v) is 3.96. The third kappa shape index (κ3) is 3.72. The highest BCUT2D eigenvalue weighted by Gasteiger charge is 2.40. The molecule has 1 amide bonds. The predicted octanol–water partition coefficient (Wildman–Crippen LogP) is 3.31. The molecule has 1 aromatic heterocycles. The molecule has 0 aliphatic heterocycles. The summed E-state index contributed by atoms with van der Waals surface area (Å²) in [5.41, 5.74) is 2.59. The van der Waals surface area contributed by atoms with Crippen molar-refractivity contribution < 1.29 is 23.9 Å². The third-order valence-electron chi connectivity index (χ3n) is 5.86. The van der Waals surface area contributed by atoms with Crippen molar-refractivity contribution in [3.8, 4) is 5.75 Å². The lowest BCUT2D eigenvalue weighted by atomic mass is 9.99. The van der Waals surface area contributed by atoms with Crippen LogP contribution in [0.15, 0.2) is 24.3 Å². The smallest absolute Gasteiger partial charge is 0.354 e. The fourth-order valence-electron chi connectivity index (χ4n) is 3.96. The first-order valence-corrected chi connectivity index (χ1v) is 9.98. The summed E-state index contributed by atoms with van der Waals surface area (Å²) in [7, 11) is 4.62. The van der Waals surface area contributed by atoms with Gasteiger partial charge in [-0.25, -0.2) is 4.79 Å². The van der Waals surface area contributed by atoms with Crippen LogP contribution in [-0.4, -0.2) is 53.4 Å². The summed E-state index contributed by atoms with van der Waals surface area (Å²) < 4.78 is 11.7. The Bertz CT molecular complexity index is 986. The van der Waals surface area contributed by atoms with Crippen molar-refractivity contribution in [3.63, 3.8) is 0 Å². The fraction of sp³-hybridized carbons (Fsp3) is 0.435. The zero-order valence-electron chi connectivity index (χ0n) is 18.3. The number of carbonyl (C=O) groups excluding carboxylic acids is 3. The molecule has 0 saturated heterocycles. The highest BCUT2D eigenvalue weighted by Crippen LogP contribution is 2.33. The zero-order chi connectivity index (χ0) is 22.2. The van der Waals surface area contributed by atoms with Crippen LogP contribution in [0, 0.1) is 13.8 Å². The minimum atomic E-state index is -0.655. The second-order valence-corrected chi connectivity index (χ2v) is 7.70.